The minimum Gasteiger partial charge on any atom is -0.316 e. The van der Waals surface area contributed by atoms with Gasteiger partial charge in [0.05, 0.1) is 0 Å². The molecule has 2 rings (SSSR count). The van der Waals surface area contributed by atoms with E-state index in [1.165, 1.54) is 45.3 Å². The summed E-state index contributed by atoms with van der Waals surface area (Å²) < 4.78 is 0. The van der Waals surface area contributed by atoms with Crippen molar-refractivity contribution in [3.8, 4) is 0 Å². The Hall–Kier alpha value is -0.0800. The SMILES string of the molecule is CC(C)CNCCC(C)N1CC2CCC1C2. The maximum absolute atomic E-state index is 3.56. The first kappa shape index (κ1) is 12.4. The van der Waals surface area contributed by atoms with Crippen LogP contribution in [0.15, 0.2) is 0 Å². The second-order valence-corrected chi connectivity index (χ2v) is 6.27. The van der Waals surface area contributed by atoms with Crippen LogP contribution in [0.4, 0.5) is 0 Å². The van der Waals surface area contributed by atoms with Crippen LogP contribution in [0, 0.1) is 11.8 Å². The Bertz CT molecular complexity index is 215. The van der Waals surface area contributed by atoms with E-state index in [0.717, 1.165) is 23.9 Å². The molecule has 0 radical (unpaired) electrons. The smallest absolute Gasteiger partial charge is 0.0101 e. The molecule has 1 saturated carbocycles. The van der Waals surface area contributed by atoms with Crippen molar-refractivity contribution < 1.29 is 0 Å². The Labute approximate surface area is 101 Å². The van der Waals surface area contributed by atoms with E-state index in [-0.39, 0.29) is 0 Å². The lowest BCUT2D eigenvalue weighted by Gasteiger charge is -2.32. The number of hydrogen-bond acceptors (Lipinski definition) is 2. The van der Waals surface area contributed by atoms with Gasteiger partial charge in [0.15, 0.2) is 0 Å². The lowest BCUT2D eigenvalue weighted by Crippen LogP contribution is -2.40. The van der Waals surface area contributed by atoms with Crippen LogP contribution in [0.25, 0.3) is 0 Å². The standard InChI is InChI=1S/C14H28N2/c1-11(2)9-15-7-6-12(3)16-10-13-4-5-14(16)8-13/h11-15H,4-10H2,1-3H3. The van der Waals surface area contributed by atoms with E-state index in [4.69, 9.17) is 0 Å². The first-order chi connectivity index (χ1) is 7.66. The molecule has 2 fully saturated rings. The van der Waals surface area contributed by atoms with Crippen molar-refractivity contribution in [1.29, 1.82) is 0 Å². The van der Waals surface area contributed by atoms with Gasteiger partial charge in [-0.15, -0.1) is 0 Å². The van der Waals surface area contributed by atoms with Crippen LogP contribution >= 0.6 is 0 Å². The summed E-state index contributed by atoms with van der Waals surface area (Å²) in [5.41, 5.74) is 0. The predicted octanol–water partition coefficient (Wildman–Crippen LogP) is 2.49. The molecule has 1 heterocycles. The summed E-state index contributed by atoms with van der Waals surface area (Å²) in [4.78, 5) is 2.77. The van der Waals surface area contributed by atoms with Crippen LogP contribution in [0.3, 0.4) is 0 Å². The van der Waals surface area contributed by atoms with Gasteiger partial charge in [0.1, 0.15) is 0 Å². The summed E-state index contributed by atoms with van der Waals surface area (Å²) >= 11 is 0. The first-order valence-electron chi connectivity index (χ1n) is 7.13. The molecule has 0 aromatic heterocycles. The Morgan fingerprint density at radius 1 is 1.25 bits per heavy atom. The van der Waals surface area contributed by atoms with E-state index in [9.17, 15) is 0 Å². The molecule has 2 bridgehead atoms. The molecule has 2 nitrogen and oxygen atoms in total. The minimum absolute atomic E-state index is 0.776. The van der Waals surface area contributed by atoms with Crippen molar-refractivity contribution in [2.45, 2.75) is 58.5 Å². The number of fused-ring (bicyclic) bond motifs is 2. The number of likely N-dealkylation sites (tertiary alicyclic amines) is 1. The molecule has 0 aromatic carbocycles. The van der Waals surface area contributed by atoms with Gasteiger partial charge in [-0.1, -0.05) is 13.8 Å². The van der Waals surface area contributed by atoms with Crippen LogP contribution in [-0.4, -0.2) is 36.6 Å². The Morgan fingerprint density at radius 3 is 2.62 bits per heavy atom. The molecule has 94 valence electrons. The third-order valence-electron chi connectivity index (χ3n) is 4.31. The second-order valence-electron chi connectivity index (χ2n) is 6.27. The van der Waals surface area contributed by atoms with Gasteiger partial charge in [0.2, 0.25) is 0 Å². The molecule has 1 aliphatic carbocycles. The highest BCUT2D eigenvalue weighted by Gasteiger charge is 2.39. The van der Waals surface area contributed by atoms with Gasteiger partial charge in [-0.25, -0.2) is 0 Å². The molecule has 1 aliphatic heterocycles. The van der Waals surface area contributed by atoms with Crippen LogP contribution in [0.2, 0.25) is 0 Å². The highest BCUT2D eigenvalue weighted by atomic mass is 15.2. The van der Waals surface area contributed by atoms with E-state index in [0.29, 0.717) is 0 Å². The summed E-state index contributed by atoms with van der Waals surface area (Å²) in [5.74, 6) is 1.81. The second kappa shape index (κ2) is 5.50. The molecule has 1 N–H and O–H groups in total. The van der Waals surface area contributed by atoms with Gasteiger partial charge in [-0.3, -0.25) is 4.90 Å². The molecular formula is C14H28N2. The monoisotopic (exact) mass is 224 g/mol. The molecule has 3 unspecified atom stereocenters. The average molecular weight is 224 g/mol. The van der Waals surface area contributed by atoms with E-state index >= 15 is 0 Å². The third-order valence-corrected chi connectivity index (χ3v) is 4.31. The predicted molar refractivity (Wildman–Crippen MR) is 69.6 cm³/mol. The number of rotatable bonds is 6. The molecular weight excluding hydrogens is 196 g/mol. The molecule has 1 saturated heterocycles. The molecule has 0 amide bonds. The van der Waals surface area contributed by atoms with Crippen molar-refractivity contribution in [1.82, 2.24) is 10.2 Å². The van der Waals surface area contributed by atoms with Crippen molar-refractivity contribution in [3.05, 3.63) is 0 Å². The quantitative estimate of drug-likeness (QED) is 0.697. The van der Waals surface area contributed by atoms with Crippen molar-refractivity contribution >= 4 is 0 Å². The number of nitrogens with zero attached hydrogens (tertiary/aromatic N) is 1. The summed E-state index contributed by atoms with van der Waals surface area (Å²) in [6, 6.07) is 1.72. The molecule has 0 spiro atoms. The lowest BCUT2D eigenvalue weighted by molar-refractivity contribution is 0.152. The molecule has 0 aromatic rings. The van der Waals surface area contributed by atoms with Crippen LogP contribution in [-0.2, 0) is 0 Å². The maximum Gasteiger partial charge on any atom is 0.0101 e. The number of hydrogen-bond donors (Lipinski definition) is 1. The van der Waals surface area contributed by atoms with Crippen molar-refractivity contribution in [2.75, 3.05) is 19.6 Å². The molecule has 16 heavy (non-hydrogen) atoms. The molecule has 3 atom stereocenters. The normalized spacial score (nSPS) is 31.5. The van der Waals surface area contributed by atoms with Crippen LogP contribution < -0.4 is 5.32 Å². The van der Waals surface area contributed by atoms with Gasteiger partial charge in [-0.05, 0) is 57.5 Å². The summed E-state index contributed by atoms with van der Waals surface area (Å²) in [5, 5.41) is 3.56. The fourth-order valence-corrected chi connectivity index (χ4v) is 3.37. The average Bonchev–Trinajstić information content (AvgIpc) is 2.85. The van der Waals surface area contributed by atoms with Gasteiger partial charge in [-0.2, -0.15) is 0 Å². The highest BCUT2D eigenvalue weighted by Crippen LogP contribution is 2.38. The Kier molecular flexibility index (Phi) is 4.26. The largest absolute Gasteiger partial charge is 0.316 e. The van der Waals surface area contributed by atoms with E-state index in [1.807, 2.05) is 0 Å². The highest BCUT2D eigenvalue weighted by molar-refractivity contribution is 4.94. The maximum atomic E-state index is 3.56. The molecule has 2 aliphatic rings. The van der Waals surface area contributed by atoms with Crippen LogP contribution in [0.5, 0.6) is 0 Å². The zero-order valence-corrected chi connectivity index (χ0v) is 11.2. The van der Waals surface area contributed by atoms with E-state index < -0.39 is 0 Å². The lowest BCUT2D eigenvalue weighted by atomic mass is 10.1. The van der Waals surface area contributed by atoms with Crippen molar-refractivity contribution in [2.24, 2.45) is 11.8 Å². The first-order valence-corrected chi connectivity index (χ1v) is 7.13. The van der Waals surface area contributed by atoms with E-state index in [1.54, 1.807) is 0 Å². The van der Waals surface area contributed by atoms with Gasteiger partial charge in [0, 0.05) is 18.6 Å². The van der Waals surface area contributed by atoms with Gasteiger partial charge in [0.25, 0.3) is 0 Å². The van der Waals surface area contributed by atoms with Gasteiger partial charge < -0.3 is 5.32 Å². The summed E-state index contributed by atoms with van der Waals surface area (Å²) in [6.45, 7) is 10.7. The van der Waals surface area contributed by atoms with E-state index in [2.05, 4.69) is 31.0 Å². The van der Waals surface area contributed by atoms with Crippen LogP contribution in [0.1, 0.15) is 46.5 Å². The Balaban J connectivity index is 1.63. The topological polar surface area (TPSA) is 15.3 Å². The minimum atomic E-state index is 0.776. The number of piperidine rings is 1. The zero-order chi connectivity index (χ0) is 11.5. The fraction of sp³-hybridized carbons (Fsp3) is 1.00. The third kappa shape index (κ3) is 2.98. The summed E-state index contributed by atoms with van der Waals surface area (Å²) in [6.07, 6.45) is 5.77. The zero-order valence-electron chi connectivity index (χ0n) is 11.2. The number of nitrogens with one attached hydrogen (secondary N) is 1. The summed E-state index contributed by atoms with van der Waals surface area (Å²) in [7, 11) is 0. The molecule has 2 heteroatoms. The van der Waals surface area contributed by atoms with Gasteiger partial charge >= 0.3 is 0 Å². The Morgan fingerprint density at radius 2 is 2.06 bits per heavy atom. The van der Waals surface area contributed by atoms with Crippen molar-refractivity contribution in [3.63, 3.8) is 0 Å². The fourth-order valence-electron chi connectivity index (χ4n) is 3.37.